The van der Waals surface area contributed by atoms with E-state index in [0.717, 1.165) is 51.7 Å². The molecule has 3 aliphatic rings. The van der Waals surface area contributed by atoms with Gasteiger partial charge in [0.15, 0.2) is 0 Å². The Morgan fingerprint density at radius 2 is 1.79 bits per heavy atom. The van der Waals surface area contributed by atoms with E-state index in [1.807, 2.05) is 0 Å². The average molecular weight is 266 g/mol. The zero-order valence-electron chi connectivity index (χ0n) is 11.7. The number of hydrogen-bond acceptors (Lipinski definition) is 3. The second-order valence-corrected chi connectivity index (χ2v) is 6.40. The van der Waals surface area contributed by atoms with Gasteiger partial charge in [-0.1, -0.05) is 12.8 Å². The van der Waals surface area contributed by atoms with Crippen LogP contribution in [0.4, 0.5) is 0 Å². The molecule has 3 fully saturated rings. The lowest BCUT2D eigenvalue weighted by molar-refractivity contribution is -0.154. The number of nitrogens with two attached hydrogens (primary N) is 1. The molecule has 3 rings (SSSR count). The molecule has 0 aromatic carbocycles. The first kappa shape index (κ1) is 13.4. The minimum atomic E-state index is 0.223. The quantitative estimate of drug-likeness (QED) is 0.785. The third-order valence-corrected chi connectivity index (χ3v) is 5.14. The maximum atomic E-state index is 12.7. The number of amides is 1. The molecule has 2 saturated carbocycles. The van der Waals surface area contributed by atoms with Gasteiger partial charge in [-0.2, -0.15) is 0 Å². The van der Waals surface area contributed by atoms with Crippen LogP contribution in [-0.2, 0) is 9.53 Å². The van der Waals surface area contributed by atoms with Gasteiger partial charge < -0.3 is 15.4 Å². The first-order valence-corrected chi connectivity index (χ1v) is 7.93. The third kappa shape index (κ3) is 2.79. The van der Waals surface area contributed by atoms with Crippen molar-refractivity contribution in [3.8, 4) is 0 Å². The van der Waals surface area contributed by atoms with Gasteiger partial charge in [-0.05, 0) is 38.5 Å². The fourth-order valence-electron chi connectivity index (χ4n) is 3.97. The van der Waals surface area contributed by atoms with Gasteiger partial charge in [-0.25, -0.2) is 0 Å². The number of carbonyl (C=O) groups excluding carboxylic acids is 1. The minimum Gasteiger partial charge on any atom is -0.374 e. The first-order valence-electron chi connectivity index (χ1n) is 7.93. The van der Waals surface area contributed by atoms with Crippen molar-refractivity contribution in [1.29, 1.82) is 0 Å². The van der Waals surface area contributed by atoms with Gasteiger partial charge >= 0.3 is 0 Å². The van der Waals surface area contributed by atoms with E-state index in [1.54, 1.807) is 0 Å². The topological polar surface area (TPSA) is 55.6 Å². The molecule has 0 aromatic heterocycles. The van der Waals surface area contributed by atoms with E-state index >= 15 is 0 Å². The van der Waals surface area contributed by atoms with Crippen molar-refractivity contribution < 1.29 is 9.53 Å². The molecule has 4 heteroatoms. The Bertz CT molecular complexity index is 324. The van der Waals surface area contributed by atoms with Crippen LogP contribution in [0.2, 0.25) is 0 Å². The summed E-state index contributed by atoms with van der Waals surface area (Å²) in [6.45, 7) is 1.52. The monoisotopic (exact) mass is 266 g/mol. The van der Waals surface area contributed by atoms with Crippen LogP contribution in [0.1, 0.15) is 51.4 Å². The lowest BCUT2D eigenvalue weighted by Crippen LogP contribution is -2.56. The zero-order chi connectivity index (χ0) is 13.2. The Balaban J connectivity index is 1.64. The SMILES string of the molecule is NC1CCC(C(=O)N2CCOC3CCCCC32)CC1. The van der Waals surface area contributed by atoms with Crippen molar-refractivity contribution in [1.82, 2.24) is 4.90 Å². The maximum absolute atomic E-state index is 12.7. The fraction of sp³-hybridized carbons (Fsp3) is 0.933. The van der Waals surface area contributed by atoms with Crippen molar-refractivity contribution in [3.63, 3.8) is 0 Å². The van der Waals surface area contributed by atoms with Gasteiger partial charge in [0, 0.05) is 18.5 Å². The summed E-state index contributed by atoms with van der Waals surface area (Å²) in [4.78, 5) is 14.9. The zero-order valence-corrected chi connectivity index (χ0v) is 11.7. The van der Waals surface area contributed by atoms with Gasteiger partial charge in [0.25, 0.3) is 0 Å². The summed E-state index contributed by atoms with van der Waals surface area (Å²) in [7, 11) is 0. The number of morpholine rings is 1. The molecule has 1 saturated heterocycles. The summed E-state index contributed by atoms with van der Waals surface area (Å²) in [5, 5.41) is 0. The van der Waals surface area contributed by atoms with Crippen molar-refractivity contribution in [2.45, 2.75) is 69.6 Å². The number of fused-ring (bicyclic) bond motifs is 1. The Labute approximate surface area is 115 Å². The van der Waals surface area contributed by atoms with Crippen LogP contribution in [0.3, 0.4) is 0 Å². The fourth-order valence-corrected chi connectivity index (χ4v) is 3.97. The first-order chi connectivity index (χ1) is 9.25. The van der Waals surface area contributed by atoms with E-state index in [1.165, 1.54) is 12.8 Å². The molecule has 2 aliphatic carbocycles. The molecule has 4 nitrogen and oxygen atoms in total. The molecule has 2 N–H and O–H groups in total. The second-order valence-electron chi connectivity index (χ2n) is 6.40. The molecular formula is C15H26N2O2. The molecule has 2 atom stereocenters. The van der Waals surface area contributed by atoms with Crippen LogP contribution >= 0.6 is 0 Å². The third-order valence-electron chi connectivity index (χ3n) is 5.14. The number of carbonyl (C=O) groups is 1. The molecule has 0 bridgehead atoms. The summed E-state index contributed by atoms with van der Waals surface area (Å²) in [6.07, 6.45) is 9.03. The molecular weight excluding hydrogens is 240 g/mol. The van der Waals surface area contributed by atoms with Crippen LogP contribution in [0.5, 0.6) is 0 Å². The molecule has 19 heavy (non-hydrogen) atoms. The highest BCUT2D eigenvalue weighted by Gasteiger charge is 2.39. The number of nitrogens with zero attached hydrogens (tertiary/aromatic N) is 1. The van der Waals surface area contributed by atoms with E-state index in [2.05, 4.69) is 4.90 Å². The Kier molecular flexibility index (Phi) is 4.08. The van der Waals surface area contributed by atoms with Gasteiger partial charge in [-0.15, -0.1) is 0 Å². The summed E-state index contributed by atoms with van der Waals surface area (Å²) in [5.74, 6) is 0.604. The smallest absolute Gasteiger partial charge is 0.226 e. The Morgan fingerprint density at radius 3 is 2.58 bits per heavy atom. The molecule has 0 radical (unpaired) electrons. The van der Waals surface area contributed by atoms with Crippen LogP contribution < -0.4 is 5.73 Å². The van der Waals surface area contributed by atoms with E-state index in [4.69, 9.17) is 10.5 Å². The highest BCUT2D eigenvalue weighted by Crippen LogP contribution is 2.32. The van der Waals surface area contributed by atoms with Crippen LogP contribution in [0.15, 0.2) is 0 Å². The lowest BCUT2D eigenvalue weighted by Gasteiger charge is -2.45. The molecule has 2 unspecified atom stereocenters. The van der Waals surface area contributed by atoms with Crippen LogP contribution in [0, 0.1) is 5.92 Å². The maximum Gasteiger partial charge on any atom is 0.226 e. The number of rotatable bonds is 1. The lowest BCUT2D eigenvalue weighted by atomic mass is 9.84. The number of ether oxygens (including phenoxy) is 1. The molecule has 108 valence electrons. The minimum absolute atomic E-state index is 0.223. The Hall–Kier alpha value is -0.610. The highest BCUT2D eigenvalue weighted by atomic mass is 16.5. The van der Waals surface area contributed by atoms with Crippen molar-refractivity contribution >= 4 is 5.91 Å². The Morgan fingerprint density at radius 1 is 1.05 bits per heavy atom. The normalized spacial score (nSPS) is 39.7. The van der Waals surface area contributed by atoms with E-state index < -0.39 is 0 Å². The molecule has 1 amide bonds. The van der Waals surface area contributed by atoms with Crippen molar-refractivity contribution in [2.75, 3.05) is 13.2 Å². The van der Waals surface area contributed by atoms with Gasteiger partial charge in [0.05, 0.1) is 18.8 Å². The van der Waals surface area contributed by atoms with E-state index in [9.17, 15) is 4.79 Å². The summed E-state index contributed by atoms with van der Waals surface area (Å²) in [6, 6.07) is 0.668. The van der Waals surface area contributed by atoms with Crippen LogP contribution in [0.25, 0.3) is 0 Å². The van der Waals surface area contributed by atoms with Gasteiger partial charge in [0.2, 0.25) is 5.91 Å². The van der Waals surface area contributed by atoms with Crippen molar-refractivity contribution in [2.24, 2.45) is 11.7 Å². The average Bonchev–Trinajstić information content (AvgIpc) is 2.47. The summed E-state index contributed by atoms with van der Waals surface area (Å²) in [5.41, 5.74) is 5.94. The second kappa shape index (κ2) is 5.80. The standard InChI is InChI=1S/C15H26N2O2/c16-12-7-5-11(6-8-12)15(18)17-9-10-19-14-4-2-1-3-13(14)17/h11-14H,1-10,16H2. The highest BCUT2D eigenvalue weighted by molar-refractivity contribution is 5.79. The van der Waals surface area contributed by atoms with Gasteiger partial charge in [0.1, 0.15) is 0 Å². The predicted octanol–water partition coefficient (Wildman–Crippen LogP) is 1.67. The van der Waals surface area contributed by atoms with E-state index in [0.29, 0.717) is 24.1 Å². The molecule has 1 heterocycles. The summed E-state index contributed by atoms with van der Waals surface area (Å²) < 4.78 is 5.85. The molecule has 0 spiro atoms. The summed E-state index contributed by atoms with van der Waals surface area (Å²) >= 11 is 0. The molecule has 1 aliphatic heterocycles. The largest absolute Gasteiger partial charge is 0.374 e. The van der Waals surface area contributed by atoms with E-state index in [-0.39, 0.29) is 5.92 Å². The predicted molar refractivity (Wildman–Crippen MR) is 73.6 cm³/mol. The van der Waals surface area contributed by atoms with Crippen molar-refractivity contribution in [3.05, 3.63) is 0 Å². The van der Waals surface area contributed by atoms with Gasteiger partial charge in [-0.3, -0.25) is 4.79 Å². The number of hydrogen-bond donors (Lipinski definition) is 1. The molecule has 0 aromatic rings. The van der Waals surface area contributed by atoms with Crippen LogP contribution in [-0.4, -0.2) is 42.1 Å².